The smallest absolute Gasteiger partial charge is 0.144 e. The van der Waals surface area contributed by atoms with Gasteiger partial charge in [-0.15, -0.1) is 0 Å². The van der Waals surface area contributed by atoms with Crippen molar-refractivity contribution in [2.24, 2.45) is 0 Å². The van der Waals surface area contributed by atoms with E-state index in [9.17, 15) is 0 Å². The average molecular weight is 251 g/mol. The number of rotatable bonds is 4. The molecule has 0 bridgehead atoms. The maximum absolute atomic E-state index is 5.46. The molecule has 3 rings (SSSR count). The van der Waals surface area contributed by atoms with Crippen molar-refractivity contribution in [3.63, 3.8) is 0 Å². The Morgan fingerprint density at radius 1 is 1.05 bits per heavy atom. The fourth-order valence-electron chi connectivity index (χ4n) is 1.92. The molecular formula is C15H13N3O. The van der Waals surface area contributed by atoms with E-state index in [1.54, 1.807) is 24.9 Å². The van der Waals surface area contributed by atoms with Gasteiger partial charge < -0.3 is 9.73 Å². The normalized spacial score (nSPS) is 10.3. The summed E-state index contributed by atoms with van der Waals surface area (Å²) in [6, 6.07) is 12.0. The summed E-state index contributed by atoms with van der Waals surface area (Å²) in [6.07, 6.45) is 6.71. The molecule has 1 aromatic carbocycles. The molecule has 1 N–H and O–H groups in total. The van der Waals surface area contributed by atoms with E-state index in [1.165, 1.54) is 0 Å². The van der Waals surface area contributed by atoms with Crippen LogP contribution in [0.2, 0.25) is 0 Å². The minimum absolute atomic E-state index is 0.676. The maximum atomic E-state index is 5.46. The van der Waals surface area contributed by atoms with E-state index in [-0.39, 0.29) is 0 Å². The first-order valence-electron chi connectivity index (χ1n) is 6.05. The topological polar surface area (TPSA) is 51.0 Å². The Bertz CT molecular complexity index is 636. The third-order valence-corrected chi connectivity index (χ3v) is 2.83. The molecule has 0 aliphatic heterocycles. The zero-order valence-electron chi connectivity index (χ0n) is 10.3. The van der Waals surface area contributed by atoms with Gasteiger partial charge in [0.15, 0.2) is 0 Å². The Labute approximate surface area is 111 Å². The highest BCUT2D eigenvalue weighted by atomic mass is 16.3. The molecule has 0 aliphatic rings. The van der Waals surface area contributed by atoms with Crippen molar-refractivity contribution in [2.75, 3.05) is 5.32 Å². The molecule has 2 aromatic heterocycles. The lowest BCUT2D eigenvalue weighted by molar-refractivity contribution is 0.581. The zero-order chi connectivity index (χ0) is 12.9. The van der Waals surface area contributed by atoms with Crippen LogP contribution in [0, 0.1) is 0 Å². The molecule has 2 heterocycles. The van der Waals surface area contributed by atoms with Gasteiger partial charge in [-0.2, -0.15) is 0 Å². The summed E-state index contributed by atoms with van der Waals surface area (Å²) in [7, 11) is 0. The molecule has 0 unspecified atom stereocenters. The van der Waals surface area contributed by atoms with Crippen molar-refractivity contribution >= 4 is 5.82 Å². The van der Waals surface area contributed by atoms with E-state index in [0.717, 1.165) is 22.7 Å². The lowest BCUT2D eigenvalue weighted by Gasteiger charge is -2.09. The summed E-state index contributed by atoms with van der Waals surface area (Å²) in [5, 5.41) is 3.25. The molecular weight excluding hydrogens is 238 g/mol. The molecule has 0 radical (unpaired) electrons. The molecule has 4 heteroatoms. The van der Waals surface area contributed by atoms with Gasteiger partial charge in [-0.25, -0.2) is 4.98 Å². The first-order chi connectivity index (χ1) is 9.43. The number of benzene rings is 1. The Kier molecular flexibility index (Phi) is 3.23. The fourth-order valence-corrected chi connectivity index (χ4v) is 1.92. The van der Waals surface area contributed by atoms with Gasteiger partial charge in [0.2, 0.25) is 0 Å². The molecule has 0 aliphatic carbocycles. The number of hydrogen-bond acceptors (Lipinski definition) is 4. The molecule has 0 spiro atoms. The molecule has 19 heavy (non-hydrogen) atoms. The second-order valence-corrected chi connectivity index (χ2v) is 4.08. The largest absolute Gasteiger partial charge is 0.464 e. The summed E-state index contributed by atoms with van der Waals surface area (Å²) in [6.45, 7) is 0.676. The number of anilines is 1. The van der Waals surface area contributed by atoms with Crippen LogP contribution < -0.4 is 5.32 Å². The van der Waals surface area contributed by atoms with Gasteiger partial charge in [-0.1, -0.05) is 24.3 Å². The van der Waals surface area contributed by atoms with Crippen LogP contribution in [0.1, 0.15) is 5.56 Å². The molecule has 0 fully saturated rings. The predicted molar refractivity (Wildman–Crippen MR) is 73.5 cm³/mol. The van der Waals surface area contributed by atoms with Crippen molar-refractivity contribution in [1.82, 2.24) is 9.97 Å². The van der Waals surface area contributed by atoms with Gasteiger partial charge in [0.1, 0.15) is 11.6 Å². The SMILES string of the molecule is c1coc(-c2ccccc2CNc2cnccn2)c1. The summed E-state index contributed by atoms with van der Waals surface area (Å²) in [5.41, 5.74) is 2.24. The Morgan fingerprint density at radius 3 is 2.79 bits per heavy atom. The first kappa shape index (κ1) is 11.5. The van der Waals surface area contributed by atoms with Gasteiger partial charge in [-0.3, -0.25) is 4.98 Å². The standard InChI is InChI=1S/C15H13N3O/c1-2-5-13(14-6-3-9-19-14)12(4-1)10-18-15-11-16-7-8-17-15/h1-9,11H,10H2,(H,17,18). The summed E-state index contributed by atoms with van der Waals surface area (Å²) in [5.74, 6) is 1.63. The van der Waals surface area contributed by atoms with E-state index in [0.29, 0.717) is 6.54 Å². The van der Waals surface area contributed by atoms with E-state index in [1.807, 2.05) is 30.3 Å². The van der Waals surface area contributed by atoms with Crippen LogP contribution in [0.5, 0.6) is 0 Å². The van der Waals surface area contributed by atoms with E-state index in [4.69, 9.17) is 4.42 Å². The van der Waals surface area contributed by atoms with Gasteiger partial charge in [0, 0.05) is 24.5 Å². The Morgan fingerprint density at radius 2 is 2.00 bits per heavy atom. The quantitative estimate of drug-likeness (QED) is 0.772. The summed E-state index contributed by atoms with van der Waals surface area (Å²) in [4.78, 5) is 8.21. The monoisotopic (exact) mass is 251 g/mol. The van der Waals surface area contributed by atoms with Crippen LogP contribution in [0.15, 0.2) is 65.7 Å². The van der Waals surface area contributed by atoms with E-state index in [2.05, 4.69) is 21.4 Å². The van der Waals surface area contributed by atoms with Crippen LogP contribution >= 0.6 is 0 Å². The predicted octanol–water partition coefficient (Wildman–Crippen LogP) is 3.35. The fraction of sp³-hybridized carbons (Fsp3) is 0.0667. The van der Waals surface area contributed by atoms with Gasteiger partial charge in [0.05, 0.1) is 12.5 Å². The van der Waals surface area contributed by atoms with Crippen molar-refractivity contribution in [3.8, 4) is 11.3 Å². The van der Waals surface area contributed by atoms with Crippen LogP contribution in [0.3, 0.4) is 0 Å². The Balaban J connectivity index is 1.82. The molecule has 0 saturated heterocycles. The summed E-state index contributed by atoms with van der Waals surface area (Å²) >= 11 is 0. The highest BCUT2D eigenvalue weighted by molar-refractivity contribution is 5.62. The molecule has 94 valence electrons. The Hall–Kier alpha value is -2.62. The van der Waals surface area contributed by atoms with Crippen LogP contribution in [-0.2, 0) is 6.54 Å². The molecule has 0 saturated carbocycles. The van der Waals surface area contributed by atoms with Crippen molar-refractivity contribution in [2.45, 2.75) is 6.54 Å². The van der Waals surface area contributed by atoms with Crippen LogP contribution in [0.25, 0.3) is 11.3 Å². The first-order valence-corrected chi connectivity index (χ1v) is 6.05. The zero-order valence-corrected chi connectivity index (χ0v) is 10.3. The minimum atomic E-state index is 0.676. The summed E-state index contributed by atoms with van der Waals surface area (Å²) < 4.78 is 5.46. The molecule has 0 atom stereocenters. The second-order valence-electron chi connectivity index (χ2n) is 4.08. The third kappa shape index (κ3) is 2.63. The highest BCUT2D eigenvalue weighted by Crippen LogP contribution is 2.24. The van der Waals surface area contributed by atoms with E-state index < -0.39 is 0 Å². The third-order valence-electron chi connectivity index (χ3n) is 2.83. The average Bonchev–Trinajstić information content (AvgIpc) is 3.01. The molecule has 4 nitrogen and oxygen atoms in total. The van der Waals surface area contributed by atoms with Crippen molar-refractivity contribution in [1.29, 1.82) is 0 Å². The number of hydrogen-bond donors (Lipinski definition) is 1. The number of nitrogens with zero attached hydrogens (tertiary/aromatic N) is 2. The van der Waals surface area contributed by atoms with Crippen molar-refractivity contribution in [3.05, 3.63) is 66.8 Å². The van der Waals surface area contributed by atoms with Gasteiger partial charge in [0.25, 0.3) is 0 Å². The van der Waals surface area contributed by atoms with Gasteiger partial charge in [-0.05, 0) is 17.7 Å². The van der Waals surface area contributed by atoms with E-state index >= 15 is 0 Å². The van der Waals surface area contributed by atoms with Gasteiger partial charge >= 0.3 is 0 Å². The maximum Gasteiger partial charge on any atom is 0.144 e. The van der Waals surface area contributed by atoms with Crippen LogP contribution in [0.4, 0.5) is 5.82 Å². The number of aromatic nitrogens is 2. The van der Waals surface area contributed by atoms with Crippen LogP contribution in [-0.4, -0.2) is 9.97 Å². The number of nitrogens with one attached hydrogen (secondary N) is 1. The minimum Gasteiger partial charge on any atom is -0.464 e. The number of furan rings is 1. The second kappa shape index (κ2) is 5.35. The lowest BCUT2D eigenvalue weighted by Crippen LogP contribution is -2.02. The molecule has 3 aromatic rings. The molecule has 0 amide bonds. The highest BCUT2D eigenvalue weighted by Gasteiger charge is 2.06. The van der Waals surface area contributed by atoms with Crippen molar-refractivity contribution < 1.29 is 4.42 Å². The lowest BCUT2D eigenvalue weighted by atomic mass is 10.1.